The first kappa shape index (κ1) is 14.1. The second kappa shape index (κ2) is 5.74. The fourth-order valence-electron chi connectivity index (χ4n) is 2.41. The summed E-state index contributed by atoms with van der Waals surface area (Å²) in [6.07, 6.45) is 1.68. The van der Waals surface area contributed by atoms with Crippen molar-refractivity contribution in [1.82, 2.24) is 0 Å². The summed E-state index contributed by atoms with van der Waals surface area (Å²) < 4.78 is 0.906. The molecule has 0 unspecified atom stereocenters. The maximum Gasteiger partial charge on any atom is 0.306 e. The van der Waals surface area contributed by atoms with Gasteiger partial charge in [0.15, 0.2) is 0 Å². The molecule has 1 fully saturated rings. The van der Waals surface area contributed by atoms with Gasteiger partial charge in [0.1, 0.15) is 0 Å². The molecule has 1 amide bonds. The van der Waals surface area contributed by atoms with Gasteiger partial charge in [-0.2, -0.15) is 0 Å². The average molecular weight is 326 g/mol. The number of anilines is 1. The Morgan fingerprint density at radius 2 is 2.00 bits per heavy atom. The standard InChI is InChI=1S/C14H16BrNO3/c1-8-2-5-11(15)7-12(8)16-13(17)9-3-4-10(6-9)14(18)19/h2,5,7,9-10H,3-4,6H2,1H3,(H,16,17)(H,18,19)/t9-,10+/m1/s1. The van der Waals surface area contributed by atoms with E-state index in [0.29, 0.717) is 19.3 Å². The summed E-state index contributed by atoms with van der Waals surface area (Å²) in [6, 6.07) is 5.70. The number of nitrogens with one attached hydrogen (secondary N) is 1. The highest BCUT2D eigenvalue weighted by Gasteiger charge is 2.33. The van der Waals surface area contributed by atoms with Gasteiger partial charge in [-0.05, 0) is 43.9 Å². The maximum atomic E-state index is 12.1. The first-order valence-electron chi connectivity index (χ1n) is 6.27. The topological polar surface area (TPSA) is 66.4 Å². The Bertz CT molecular complexity index is 515. The molecule has 0 radical (unpaired) electrons. The lowest BCUT2D eigenvalue weighted by Gasteiger charge is -2.13. The smallest absolute Gasteiger partial charge is 0.306 e. The summed E-state index contributed by atoms with van der Waals surface area (Å²) in [5.41, 5.74) is 1.77. The van der Waals surface area contributed by atoms with Crippen LogP contribution >= 0.6 is 15.9 Å². The Kier molecular flexibility index (Phi) is 4.24. The molecule has 1 aromatic rings. The van der Waals surface area contributed by atoms with Gasteiger partial charge in [-0.3, -0.25) is 9.59 Å². The van der Waals surface area contributed by atoms with Crippen molar-refractivity contribution in [3.63, 3.8) is 0 Å². The van der Waals surface area contributed by atoms with Crippen LogP contribution in [0, 0.1) is 18.8 Å². The minimum absolute atomic E-state index is 0.0787. The number of hydrogen-bond donors (Lipinski definition) is 2. The number of rotatable bonds is 3. The summed E-state index contributed by atoms with van der Waals surface area (Å²) in [5, 5.41) is 11.8. The molecule has 19 heavy (non-hydrogen) atoms. The number of amides is 1. The third-order valence-electron chi connectivity index (χ3n) is 3.61. The number of hydrogen-bond acceptors (Lipinski definition) is 2. The zero-order valence-electron chi connectivity index (χ0n) is 10.6. The fourth-order valence-corrected chi connectivity index (χ4v) is 2.77. The minimum Gasteiger partial charge on any atom is -0.481 e. The third-order valence-corrected chi connectivity index (χ3v) is 4.10. The number of halogens is 1. The second-order valence-electron chi connectivity index (χ2n) is 4.99. The van der Waals surface area contributed by atoms with Crippen molar-refractivity contribution in [2.75, 3.05) is 5.32 Å². The Labute approximate surface area is 120 Å². The van der Waals surface area contributed by atoms with Crippen molar-refractivity contribution in [1.29, 1.82) is 0 Å². The lowest BCUT2D eigenvalue weighted by molar-refractivity contribution is -0.141. The van der Waals surface area contributed by atoms with Crippen molar-refractivity contribution in [3.05, 3.63) is 28.2 Å². The quantitative estimate of drug-likeness (QED) is 0.896. The Morgan fingerprint density at radius 1 is 1.32 bits per heavy atom. The first-order valence-corrected chi connectivity index (χ1v) is 7.06. The summed E-state index contributed by atoms with van der Waals surface area (Å²) in [6.45, 7) is 1.93. The number of benzene rings is 1. The van der Waals surface area contributed by atoms with Gasteiger partial charge in [-0.1, -0.05) is 22.0 Å². The SMILES string of the molecule is Cc1ccc(Br)cc1NC(=O)[C@@H]1CC[C@H](C(=O)O)C1. The fraction of sp³-hybridized carbons (Fsp3) is 0.429. The van der Waals surface area contributed by atoms with E-state index >= 15 is 0 Å². The van der Waals surface area contributed by atoms with E-state index in [0.717, 1.165) is 15.7 Å². The molecule has 0 bridgehead atoms. The van der Waals surface area contributed by atoms with Crippen molar-refractivity contribution in [3.8, 4) is 0 Å². The molecule has 0 saturated heterocycles. The van der Waals surface area contributed by atoms with Gasteiger partial charge in [-0.25, -0.2) is 0 Å². The van der Waals surface area contributed by atoms with E-state index in [2.05, 4.69) is 21.2 Å². The number of carboxylic acids is 1. The van der Waals surface area contributed by atoms with Crippen LogP contribution in [0.15, 0.2) is 22.7 Å². The highest BCUT2D eigenvalue weighted by molar-refractivity contribution is 9.10. The van der Waals surface area contributed by atoms with E-state index in [-0.39, 0.29) is 17.7 Å². The largest absolute Gasteiger partial charge is 0.481 e. The molecule has 1 aromatic carbocycles. The average Bonchev–Trinajstić information content (AvgIpc) is 2.83. The number of aryl methyl sites for hydroxylation is 1. The molecular weight excluding hydrogens is 310 g/mol. The van der Waals surface area contributed by atoms with Crippen LogP contribution in [0.3, 0.4) is 0 Å². The molecule has 2 atom stereocenters. The number of aliphatic carboxylic acids is 1. The normalized spacial score (nSPS) is 22.2. The summed E-state index contributed by atoms with van der Waals surface area (Å²) in [5.74, 6) is -1.45. The number of carbonyl (C=O) groups excluding carboxylic acids is 1. The summed E-state index contributed by atoms with van der Waals surface area (Å²) >= 11 is 3.37. The number of carbonyl (C=O) groups is 2. The zero-order chi connectivity index (χ0) is 14.0. The van der Waals surface area contributed by atoms with E-state index in [4.69, 9.17) is 5.11 Å². The van der Waals surface area contributed by atoms with Crippen LogP contribution < -0.4 is 5.32 Å². The van der Waals surface area contributed by atoms with Crippen LogP contribution in [-0.2, 0) is 9.59 Å². The minimum atomic E-state index is -0.797. The highest BCUT2D eigenvalue weighted by atomic mass is 79.9. The van der Waals surface area contributed by atoms with Crippen LogP contribution in [0.5, 0.6) is 0 Å². The molecule has 1 aliphatic rings. The second-order valence-corrected chi connectivity index (χ2v) is 5.91. The first-order chi connectivity index (χ1) is 8.97. The molecule has 2 rings (SSSR count). The van der Waals surface area contributed by atoms with Gasteiger partial charge in [0.25, 0.3) is 0 Å². The van der Waals surface area contributed by atoms with Crippen molar-refractivity contribution in [2.24, 2.45) is 11.8 Å². The van der Waals surface area contributed by atoms with Crippen molar-refractivity contribution < 1.29 is 14.7 Å². The van der Waals surface area contributed by atoms with Crippen LogP contribution in [0.2, 0.25) is 0 Å². The lowest BCUT2D eigenvalue weighted by Crippen LogP contribution is -2.22. The molecule has 1 saturated carbocycles. The van der Waals surface area contributed by atoms with Gasteiger partial charge in [0.05, 0.1) is 5.92 Å². The van der Waals surface area contributed by atoms with E-state index < -0.39 is 5.97 Å². The molecular formula is C14H16BrNO3. The molecule has 0 aromatic heterocycles. The van der Waals surface area contributed by atoms with Crippen molar-refractivity contribution >= 4 is 33.5 Å². The molecule has 0 aliphatic heterocycles. The van der Waals surface area contributed by atoms with E-state index in [1.807, 2.05) is 25.1 Å². The molecule has 1 aliphatic carbocycles. The summed E-state index contributed by atoms with van der Waals surface area (Å²) in [7, 11) is 0. The van der Waals surface area contributed by atoms with E-state index in [1.165, 1.54) is 0 Å². The molecule has 2 N–H and O–H groups in total. The maximum absolute atomic E-state index is 12.1. The number of carboxylic acid groups (broad SMARTS) is 1. The predicted octanol–water partition coefficient (Wildman–Crippen LogP) is 3.20. The van der Waals surface area contributed by atoms with Crippen LogP contribution in [-0.4, -0.2) is 17.0 Å². The van der Waals surface area contributed by atoms with Gasteiger partial charge < -0.3 is 10.4 Å². The predicted molar refractivity (Wildman–Crippen MR) is 76.0 cm³/mol. The lowest BCUT2D eigenvalue weighted by atomic mass is 10.0. The van der Waals surface area contributed by atoms with Crippen molar-refractivity contribution in [2.45, 2.75) is 26.2 Å². The van der Waals surface area contributed by atoms with Gasteiger partial charge in [0, 0.05) is 16.1 Å². The van der Waals surface area contributed by atoms with Crippen LogP contribution in [0.1, 0.15) is 24.8 Å². The zero-order valence-corrected chi connectivity index (χ0v) is 12.2. The van der Waals surface area contributed by atoms with Crippen LogP contribution in [0.4, 0.5) is 5.69 Å². The van der Waals surface area contributed by atoms with Crippen LogP contribution in [0.25, 0.3) is 0 Å². The van der Waals surface area contributed by atoms with E-state index in [9.17, 15) is 9.59 Å². The Morgan fingerprint density at radius 3 is 2.63 bits per heavy atom. The Balaban J connectivity index is 2.02. The Hall–Kier alpha value is -1.36. The molecule has 0 heterocycles. The molecule has 0 spiro atoms. The molecule has 5 heteroatoms. The highest BCUT2D eigenvalue weighted by Crippen LogP contribution is 2.32. The van der Waals surface area contributed by atoms with E-state index in [1.54, 1.807) is 0 Å². The third kappa shape index (κ3) is 3.35. The van der Waals surface area contributed by atoms with Gasteiger partial charge >= 0.3 is 5.97 Å². The monoisotopic (exact) mass is 325 g/mol. The van der Waals surface area contributed by atoms with Gasteiger partial charge in [0.2, 0.25) is 5.91 Å². The molecule has 102 valence electrons. The molecule has 4 nitrogen and oxygen atoms in total. The van der Waals surface area contributed by atoms with Gasteiger partial charge in [-0.15, -0.1) is 0 Å². The summed E-state index contributed by atoms with van der Waals surface area (Å²) in [4.78, 5) is 23.0.